The number of ketones is 1. The van der Waals surface area contributed by atoms with E-state index in [1.165, 1.54) is 61.0 Å². The van der Waals surface area contributed by atoms with Crippen LogP contribution in [0.4, 0.5) is 10.1 Å². The number of nitrogens with zero attached hydrogens (tertiary/aromatic N) is 5. The van der Waals surface area contributed by atoms with Crippen LogP contribution in [0.15, 0.2) is 41.5 Å². The Morgan fingerprint density at radius 1 is 1.15 bits per heavy atom. The fourth-order valence-electron chi connectivity index (χ4n) is 4.42. The first kappa shape index (κ1) is 29.0. The van der Waals surface area contributed by atoms with E-state index in [1.807, 2.05) is 13.8 Å². The van der Waals surface area contributed by atoms with Gasteiger partial charge in [-0.2, -0.15) is 10.1 Å². The van der Waals surface area contributed by atoms with Crippen molar-refractivity contribution in [2.75, 3.05) is 19.5 Å². The molecule has 0 saturated carbocycles. The first-order valence-electron chi connectivity index (χ1n) is 12.1. The minimum Gasteiger partial charge on any atom is -0.479 e. The maximum atomic E-state index is 15.5. The zero-order valence-corrected chi connectivity index (χ0v) is 24.1. The van der Waals surface area contributed by atoms with Crippen LogP contribution in [-0.4, -0.2) is 44.3 Å². The van der Waals surface area contributed by atoms with Crippen molar-refractivity contribution in [3.63, 3.8) is 0 Å². The molecule has 4 aromatic rings. The van der Waals surface area contributed by atoms with Crippen LogP contribution in [0.5, 0.6) is 11.9 Å². The third-order valence-corrected chi connectivity index (χ3v) is 6.68. The number of Topliss-reactive ketones (excluding diaryl/α,β-unsaturated/α-hetero) is 1. The molecule has 0 aliphatic heterocycles. The predicted octanol–water partition coefficient (Wildman–Crippen LogP) is 5.35. The molecule has 13 heteroatoms. The molecule has 0 amide bonds. The van der Waals surface area contributed by atoms with E-state index in [0.717, 1.165) is 0 Å². The van der Waals surface area contributed by atoms with Gasteiger partial charge in [0.25, 0.3) is 5.56 Å². The van der Waals surface area contributed by atoms with Crippen LogP contribution < -0.4 is 20.3 Å². The van der Waals surface area contributed by atoms with Crippen LogP contribution in [0.3, 0.4) is 0 Å². The molecule has 4 rings (SSSR count). The summed E-state index contributed by atoms with van der Waals surface area (Å²) in [5.74, 6) is -1.04. The molecule has 40 heavy (non-hydrogen) atoms. The van der Waals surface area contributed by atoms with Crippen molar-refractivity contribution in [3.8, 4) is 17.6 Å². The van der Waals surface area contributed by atoms with Crippen molar-refractivity contribution < 1.29 is 18.7 Å². The maximum absolute atomic E-state index is 15.5. The van der Waals surface area contributed by atoms with Gasteiger partial charge < -0.3 is 19.4 Å². The van der Waals surface area contributed by atoms with Crippen LogP contribution in [0, 0.1) is 5.82 Å². The second-order valence-electron chi connectivity index (χ2n) is 9.26. The van der Waals surface area contributed by atoms with E-state index in [0.29, 0.717) is 22.6 Å². The van der Waals surface area contributed by atoms with Gasteiger partial charge in [-0.05, 0) is 24.1 Å². The second kappa shape index (κ2) is 11.6. The van der Waals surface area contributed by atoms with Crippen LogP contribution in [-0.2, 0) is 7.05 Å². The number of carbonyl (C=O) groups excluding carboxylic acids is 1. The maximum Gasteiger partial charge on any atom is 0.319 e. The lowest BCUT2D eigenvalue weighted by atomic mass is 9.91. The standard InChI is InChI=1S/C27H27Cl2FN6O4/c1-13(2)24-21(22(14(3)37)34-36(24)20-11-31-27(40-6)33-25(20)39-5)23(17-8-7-15(28)9-19(17)30)32-16-10-18(29)26(38)35(4)12-16/h7-13,23,32H,1-6H3. The van der Waals surface area contributed by atoms with Gasteiger partial charge in [-0.3, -0.25) is 9.59 Å². The van der Waals surface area contributed by atoms with Crippen molar-refractivity contribution in [1.29, 1.82) is 0 Å². The summed E-state index contributed by atoms with van der Waals surface area (Å²) in [4.78, 5) is 33.7. The third-order valence-electron chi connectivity index (χ3n) is 6.17. The minimum atomic E-state index is -0.957. The average Bonchev–Trinajstić information content (AvgIpc) is 3.31. The van der Waals surface area contributed by atoms with E-state index in [-0.39, 0.29) is 44.9 Å². The Hall–Kier alpha value is -3.96. The molecule has 0 radical (unpaired) electrons. The Labute approximate surface area is 239 Å². The van der Waals surface area contributed by atoms with Crippen LogP contribution in [0.1, 0.15) is 60.0 Å². The summed E-state index contributed by atoms with van der Waals surface area (Å²) in [6.45, 7) is 5.20. The van der Waals surface area contributed by atoms with E-state index in [9.17, 15) is 9.59 Å². The molecule has 3 aromatic heterocycles. The Morgan fingerprint density at radius 3 is 2.45 bits per heavy atom. The lowest BCUT2D eigenvalue weighted by molar-refractivity contribution is 0.101. The molecule has 0 spiro atoms. The number of aryl methyl sites for hydroxylation is 1. The number of nitrogens with one attached hydrogen (secondary N) is 1. The molecule has 210 valence electrons. The summed E-state index contributed by atoms with van der Waals surface area (Å²) in [5, 5.41) is 8.09. The molecule has 10 nitrogen and oxygen atoms in total. The highest BCUT2D eigenvalue weighted by Crippen LogP contribution is 2.39. The lowest BCUT2D eigenvalue weighted by Crippen LogP contribution is -2.21. The Morgan fingerprint density at radius 2 is 1.88 bits per heavy atom. The average molecular weight is 589 g/mol. The van der Waals surface area contributed by atoms with E-state index >= 15 is 4.39 Å². The number of carbonyl (C=O) groups is 1. The zero-order valence-electron chi connectivity index (χ0n) is 22.6. The van der Waals surface area contributed by atoms with Crippen molar-refractivity contribution in [2.24, 2.45) is 7.05 Å². The van der Waals surface area contributed by atoms with E-state index in [4.69, 9.17) is 32.7 Å². The number of hydrogen-bond donors (Lipinski definition) is 1. The van der Waals surface area contributed by atoms with Gasteiger partial charge in [0.15, 0.2) is 5.78 Å². The number of rotatable bonds is 9. The predicted molar refractivity (Wildman–Crippen MR) is 150 cm³/mol. The number of halogens is 3. The molecule has 1 atom stereocenters. The molecule has 0 fully saturated rings. The number of aromatic nitrogens is 5. The number of benzene rings is 1. The number of ether oxygens (including phenoxy) is 2. The quantitative estimate of drug-likeness (QED) is 0.260. The SMILES string of the molecule is COc1ncc(-n2nc(C(C)=O)c(C(Nc3cc(Cl)c(=O)n(C)c3)c3ccc(Cl)cc3F)c2C(C)C)c(OC)n1. The van der Waals surface area contributed by atoms with E-state index in [1.54, 1.807) is 13.1 Å². The van der Waals surface area contributed by atoms with Crippen molar-refractivity contribution in [2.45, 2.75) is 32.7 Å². The van der Waals surface area contributed by atoms with Gasteiger partial charge in [-0.1, -0.05) is 43.1 Å². The first-order chi connectivity index (χ1) is 19.0. The van der Waals surface area contributed by atoms with E-state index in [2.05, 4.69) is 20.4 Å². The molecule has 1 unspecified atom stereocenters. The van der Waals surface area contributed by atoms with Gasteiger partial charge in [0.05, 0.1) is 37.8 Å². The van der Waals surface area contributed by atoms with E-state index < -0.39 is 17.4 Å². The van der Waals surface area contributed by atoms with Gasteiger partial charge >= 0.3 is 6.01 Å². The van der Waals surface area contributed by atoms with Crippen LogP contribution in [0.2, 0.25) is 10.0 Å². The molecule has 1 N–H and O–H groups in total. The summed E-state index contributed by atoms with van der Waals surface area (Å²) in [5.41, 5.74) is 1.62. The summed E-state index contributed by atoms with van der Waals surface area (Å²) >= 11 is 12.2. The van der Waals surface area contributed by atoms with Crippen molar-refractivity contribution >= 4 is 34.7 Å². The number of methoxy groups -OCH3 is 2. The molecule has 1 aromatic carbocycles. The Kier molecular flexibility index (Phi) is 8.45. The highest BCUT2D eigenvalue weighted by Gasteiger charge is 2.33. The number of anilines is 1. The summed E-state index contributed by atoms with van der Waals surface area (Å²) in [6, 6.07) is 4.84. The lowest BCUT2D eigenvalue weighted by Gasteiger charge is -2.24. The van der Waals surface area contributed by atoms with Crippen LogP contribution in [0.25, 0.3) is 5.69 Å². The minimum absolute atomic E-state index is 0.0329. The fraction of sp³-hybridized carbons (Fsp3) is 0.296. The number of pyridine rings is 1. The van der Waals surface area contributed by atoms with Crippen LogP contribution >= 0.6 is 23.2 Å². The number of hydrogen-bond acceptors (Lipinski definition) is 8. The van der Waals surface area contributed by atoms with Gasteiger partial charge in [0.1, 0.15) is 22.2 Å². The fourth-order valence-corrected chi connectivity index (χ4v) is 4.83. The van der Waals surface area contributed by atoms with Gasteiger partial charge in [0, 0.05) is 36.3 Å². The molecule has 0 saturated heterocycles. The summed E-state index contributed by atoms with van der Waals surface area (Å²) in [6.07, 6.45) is 3.00. The monoisotopic (exact) mass is 588 g/mol. The molecular formula is C27H27Cl2FN6O4. The smallest absolute Gasteiger partial charge is 0.319 e. The molecule has 0 bridgehead atoms. The highest BCUT2D eigenvalue weighted by molar-refractivity contribution is 6.30. The van der Waals surface area contributed by atoms with Gasteiger partial charge in [-0.25, -0.2) is 14.1 Å². The topological polar surface area (TPSA) is 113 Å². The molecule has 0 aliphatic carbocycles. The molecular weight excluding hydrogens is 562 g/mol. The first-order valence-corrected chi connectivity index (χ1v) is 12.9. The van der Waals surface area contributed by atoms with Gasteiger partial charge in [0.2, 0.25) is 5.88 Å². The summed E-state index contributed by atoms with van der Waals surface area (Å²) in [7, 11) is 4.41. The largest absolute Gasteiger partial charge is 0.479 e. The molecule has 3 heterocycles. The second-order valence-corrected chi connectivity index (χ2v) is 10.1. The normalized spacial score (nSPS) is 11.9. The third kappa shape index (κ3) is 5.52. The van der Waals surface area contributed by atoms with Crippen molar-refractivity contribution in [1.82, 2.24) is 24.3 Å². The zero-order chi connectivity index (χ0) is 29.3. The molecule has 0 aliphatic rings. The van der Waals surface area contributed by atoms with Crippen molar-refractivity contribution in [3.05, 3.63) is 85.4 Å². The Bertz CT molecular complexity index is 1630. The highest BCUT2D eigenvalue weighted by atomic mass is 35.5. The van der Waals surface area contributed by atoms with Gasteiger partial charge in [-0.15, -0.1) is 0 Å². The summed E-state index contributed by atoms with van der Waals surface area (Å²) < 4.78 is 29.0. The Balaban J connectivity index is 2.06.